The molecule has 1 aliphatic carbocycles. The fourth-order valence-corrected chi connectivity index (χ4v) is 3.08. The van der Waals surface area contributed by atoms with E-state index in [9.17, 15) is 0 Å². The number of hydrogen-bond donors (Lipinski definition) is 2. The van der Waals surface area contributed by atoms with Crippen LogP contribution < -0.4 is 15.4 Å². The summed E-state index contributed by atoms with van der Waals surface area (Å²) in [5.41, 5.74) is 2.62. The minimum absolute atomic E-state index is 0.391. The van der Waals surface area contributed by atoms with Crippen molar-refractivity contribution in [1.82, 2.24) is 10.6 Å². The molecule has 102 valence electrons. The number of nitrogens with one attached hydrogen (secondary N) is 2. The first-order chi connectivity index (χ1) is 9.35. The minimum atomic E-state index is 0.391. The number of rotatable bonds is 4. The molecule has 2 aliphatic rings. The summed E-state index contributed by atoms with van der Waals surface area (Å²) >= 11 is 0. The van der Waals surface area contributed by atoms with Gasteiger partial charge in [-0.1, -0.05) is 6.07 Å². The Bertz CT molecular complexity index is 470. The van der Waals surface area contributed by atoms with Gasteiger partial charge in [-0.2, -0.15) is 0 Å². The molecule has 0 radical (unpaired) electrons. The Balaban J connectivity index is 1.63. The highest BCUT2D eigenvalue weighted by molar-refractivity contribution is 5.57. The molecule has 0 bridgehead atoms. The fraction of sp³-hybridized carbons (Fsp3) is 0.500. The predicted octanol–water partition coefficient (Wildman–Crippen LogP) is 2.53. The Morgan fingerprint density at radius 3 is 3.21 bits per heavy atom. The first kappa shape index (κ1) is 12.5. The van der Waals surface area contributed by atoms with Crippen molar-refractivity contribution in [2.75, 3.05) is 13.6 Å². The van der Waals surface area contributed by atoms with E-state index < -0.39 is 0 Å². The van der Waals surface area contributed by atoms with Crippen molar-refractivity contribution in [3.63, 3.8) is 0 Å². The Hall–Kier alpha value is -1.48. The lowest BCUT2D eigenvalue weighted by atomic mass is 10.0. The molecular formula is C16H22N2O. The minimum Gasteiger partial charge on any atom is -0.490 e. The smallest absolute Gasteiger partial charge is 0.120 e. The maximum Gasteiger partial charge on any atom is 0.120 e. The van der Waals surface area contributed by atoms with Gasteiger partial charge >= 0.3 is 0 Å². The lowest BCUT2D eigenvalue weighted by Gasteiger charge is -2.17. The van der Waals surface area contributed by atoms with E-state index in [0.717, 1.165) is 24.8 Å². The largest absolute Gasteiger partial charge is 0.490 e. The molecule has 0 spiro atoms. The van der Waals surface area contributed by atoms with E-state index in [4.69, 9.17) is 4.74 Å². The standard InChI is InChI=1S/C16H22N2O/c1-17-10-12-2-4-15(8-12)19-16-5-3-14-11-18-7-6-13(14)9-16/h3,5-7,9,12,15,17-18H,2,4,8,10-11H2,1H3/t12-,15-/m1/s1. The topological polar surface area (TPSA) is 33.3 Å². The van der Waals surface area contributed by atoms with Crippen molar-refractivity contribution >= 4 is 6.08 Å². The Morgan fingerprint density at radius 2 is 2.32 bits per heavy atom. The molecule has 3 rings (SSSR count). The van der Waals surface area contributed by atoms with Crippen molar-refractivity contribution in [3.05, 3.63) is 35.5 Å². The van der Waals surface area contributed by atoms with Gasteiger partial charge in [-0.25, -0.2) is 0 Å². The first-order valence-electron chi connectivity index (χ1n) is 7.19. The first-order valence-corrected chi connectivity index (χ1v) is 7.19. The van der Waals surface area contributed by atoms with Crippen LogP contribution >= 0.6 is 0 Å². The van der Waals surface area contributed by atoms with E-state index in [1.807, 2.05) is 13.2 Å². The molecule has 3 nitrogen and oxygen atoms in total. The Kier molecular flexibility index (Phi) is 3.74. The van der Waals surface area contributed by atoms with E-state index in [2.05, 4.69) is 34.9 Å². The molecule has 3 heteroatoms. The summed E-state index contributed by atoms with van der Waals surface area (Å²) in [5, 5.41) is 6.49. The van der Waals surface area contributed by atoms with Crippen LogP contribution in [0, 0.1) is 5.92 Å². The van der Waals surface area contributed by atoms with Gasteiger partial charge in [0.25, 0.3) is 0 Å². The summed E-state index contributed by atoms with van der Waals surface area (Å²) in [5.74, 6) is 1.79. The van der Waals surface area contributed by atoms with E-state index >= 15 is 0 Å². The van der Waals surface area contributed by atoms with Crippen LogP contribution in [0.5, 0.6) is 5.75 Å². The van der Waals surface area contributed by atoms with Gasteiger partial charge in [0.2, 0.25) is 0 Å². The lowest BCUT2D eigenvalue weighted by molar-refractivity contribution is 0.204. The third-order valence-corrected chi connectivity index (χ3v) is 4.08. The molecule has 1 aliphatic heterocycles. The molecule has 1 saturated carbocycles. The molecule has 1 fully saturated rings. The van der Waals surface area contributed by atoms with Gasteiger partial charge in [0, 0.05) is 6.54 Å². The van der Waals surface area contributed by atoms with Crippen LogP contribution in [0.3, 0.4) is 0 Å². The number of fused-ring (bicyclic) bond motifs is 1. The monoisotopic (exact) mass is 258 g/mol. The van der Waals surface area contributed by atoms with Crippen LogP contribution in [0.2, 0.25) is 0 Å². The van der Waals surface area contributed by atoms with Crippen molar-refractivity contribution < 1.29 is 4.74 Å². The fourth-order valence-electron chi connectivity index (χ4n) is 3.08. The molecule has 1 heterocycles. The van der Waals surface area contributed by atoms with Crippen LogP contribution in [0.4, 0.5) is 0 Å². The number of ether oxygens (including phenoxy) is 1. The van der Waals surface area contributed by atoms with Crippen molar-refractivity contribution in [3.8, 4) is 5.75 Å². The van der Waals surface area contributed by atoms with Crippen LogP contribution in [0.1, 0.15) is 30.4 Å². The highest BCUT2D eigenvalue weighted by atomic mass is 16.5. The molecule has 1 aromatic carbocycles. The van der Waals surface area contributed by atoms with Gasteiger partial charge in [0.05, 0.1) is 6.10 Å². The summed E-state index contributed by atoms with van der Waals surface area (Å²) in [6.45, 7) is 2.03. The van der Waals surface area contributed by atoms with Gasteiger partial charge in [0.15, 0.2) is 0 Å². The van der Waals surface area contributed by atoms with Gasteiger partial charge in [-0.05, 0) is 74.3 Å². The third-order valence-electron chi connectivity index (χ3n) is 4.08. The molecule has 0 unspecified atom stereocenters. The molecule has 0 aromatic heterocycles. The van der Waals surface area contributed by atoms with E-state index in [1.165, 1.54) is 30.4 Å². The molecule has 0 saturated heterocycles. The quantitative estimate of drug-likeness (QED) is 0.870. The molecule has 2 atom stereocenters. The molecule has 19 heavy (non-hydrogen) atoms. The Morgan fingerprint density at radius 1 is 1.37 bits per heavy atom. The van der Waals surface area contributed by atoms with Gasteiger partial charge in [-0.15, -0.1) is 0 Å². The Labute approximate surface area is 115 Å². The summed E-state index contributed by atoms with van der Waals surface area (Å²) in [4.78, 5) is 0. The number of hydrogen-bond acceptors (Lipinski definition) is 3. The average molecular weight is 258 g/mol. The summed E-state index contributed by atoms with van der Waals surface area (Å²) in [6.07, 6.45) is 8.15. The van der Waals surface area contributed by atoms with Crippen LogP contribution in [0.15, 0.2) is 24.4 Å². The van der Waals surface area contributed by atoms with Crippen molar-refractivity contribution in [2.45, 2.75) is 31.9 Å². The van der Waals surface area contributed by atoms with Gasteiger partial charge in [0.1, 0.15) is 5.75 Å². The second-order valence-electron chi connectivity index (χ2n) is 5.55. The maximum absolute atomic E-state index is 6.14. The SMILES string of the molecule is CNC[C@@H]1CC[C@@H](Oc2ccc3c(c2)C=CNC3)C1. The predicted molar refractivity (Wildman–Crippen MR) is 78.0 cm³/mol. The second kappa shape index (κ2) is 5.66. The molecular weight excluding hydrogens is 236 g/mol. The van der Waals surface area contributed by atoms with Crippen molar-refractivity contribution in [1.29, 1.82) is 0 Å². The van der Waals surface area contributed by atoms with Crippen LogP contribution in [-0.4, -0.2) is 19.7 Å². The molecule has 2 N–H and O–H groups in total. The summed E-state index contributed by atoms with van der Waals surface area (Å²) in [6, 6.07) is 6.43. The molecule has 0 amide bonds. The lowest BCUT2D eigenvalue weighted by Crippen LogP contribution is -2.19. The highest BCUT2D eigenvalue weighted by Crippen LogP contribution is 2.30. The maximum atomic E-state index is 6.14. The molecule has 1 aromatic rings. The number of benzene rings is 1. The zero-order valence-electron chi connectivity index (χ0n) is 11.5. The second-order valence-corrected chi connectivity index (χ2v) is 5.55. The van der Waals surface area contributed by atoms with Gasteiger partial charge < -0.3 is 15.4 Å². The highest BCUT2D eigenvalue weighted by Gasteiger charge is 2.25. The average Bonchev–Trinajstić information content (AvgIpc) is 2.86. The van der Waals surface area contributed by atoms with Crippen LogP contribution in [0.25, 0.3) is 6.08 Å². The van der Waals surface area contributed by atoms with E-state index in [1.54, 1.807) is 0 Å². The zero-order valence-corrected chi connectivity index (χ0v) is 11.5. The van der Waals surface area contributed by atoms with E-state index in [0.29, 0.717) is 6.10 Å². The normalized spacial score (nSPS) is 24.9. The third kappa shape index (κ3) is 2.92. The summed E-state index contributed by atoms with van der Waals surface area (Å²) < 4.78 is 6.14. The van der Waals surface area contributed by atoms with Crippen LogP contribution in [-0.2, 0) is 6.54 Å². The van der Waals surface area contributed by atoms with Crippen molar-refractivity contribution in [2.24, 2.45) is 5.92 Å². The van der Waals surface area contributed by atoms with Gasteiger partial charge in [-0.3, -0.25) is 0 Å². The zero-order chi connectivity index (χ0) is 13.1. The summed E-state index contributed by atoms with van der Waals surface area (Å²) in [7, 11) is 2.03. The van der Waals surface area contributed by atoms with E-state index in [-0.39, 0.29) is 0 Å².